The van der Waals surface area contributed by atoms with Crippen LogP contribution in [0.1, 0.15) is 37.3 Å². The quantitative estimate of drug-likeness (QED) is 0.777. The van der Waals surface area contributed by atoms with Gasteiger partial charge >= 0.3 is 0 Å². The van der Waals surface area contributed by atoms with Crippen LogP contribution in [0, 0.1) is 6.92 Å². The molecule has 0 aliphatic rings. The molecule has 0 amide bonds. The van der Waals surface area contributed by atoms with Gasteiger partial charge in [0.15, 0.2) is 0 Å². The molecular formula is C12H18ClNS. The van der Waals surface area contributed by atoms with Crippen LogP contribution in [0.4, 0.5) is 0 Å². The maximum atomic E-state index is 6.26. The summed E-state index contributed by atoms with van der Waals surface area (Å²) < 4.78 is 0. The lowest BCUT2D eigenvalue weighted by Crippen LogP contribution is -2.18. The van der Waals surface area contributed by atoms with E-state index in [0.29, 0.717) is 0 Å². The smallest absolute Gasteiger partial charge is 0.0618 e. The van der Waals surface area contributed by atoms with Crippen LogP contribution in [0.25, 0.3) is 0 Å². The van der Waals surface area contributed by atoms with Gasteiger partial charge in [-0.15, -0.1) is 11.3 Å². The number of halogens is 1. The number of aryl methyl sites for hydroxylation is 1. The maximum Gasteiger partial charge on any atom is 0.0618 e. The molecule has 0 aliphatic heterocycles. The SMILES string of the molecule is CCNC(C=C(C)C)c1scc(C)c1Cl. The largest absolute Gasteiger partial charge is 0.306 e. The van der Waals surface area contributed by atoms with Gasteiger partial charge < -0.3 is 5.32 Å². The van der Waals surface area contributed by atoms with Gasteiger partial charge in [-0.1, -0.05) is 30.2 Å². The molecule has 1 N–H and O–H groups in total. The molecule has 84 valence electrons. The number of hydrogen-bond acceptors (Lipinski definition) is 2. The van der Waals surface area contributed by atoms with E-state index in [1.807, 2.05) is 6.92 Å². The van der Waals surface area contributed by atoms with Crippen LogP contribution in [-0.4, -0.2) is 6.54 Å². The first kappa shape index (κ1) is 12.8. The summed E-state index contributed by atoms with van der Waals surface area (Å²) in [6.45, 7) is 9.33. The highest BCUT2D eigenvalue weighted by molar-refractivity contribution is 7.10. The second kappa shape index (κ2) is 5.69. The van der Waals surface area contributed by atoms with E-state index in [1.165, 1.54) is 16.0 Å². The molecular weight excluding hydrogens is 226 g/mol. The van der Waals surface area contributed by atoms with Crippen molar-refractivity contribution < 1.29 is 0 Å². The van der Waals surface area contributed by atoms with Gasteiger partial charge in [0.05, 0.1) is 11.1 Å². The average Bonchev–Trinajstić information content (AvgIpc) is 2.46. The molecule has 0 aromatic carbocycles. The molecule has 0 spiro atoms. The Hall–Kier alpha value is -0.310. The third-order valence-corrected chi connectivity index (χ3v) is 3.93. The number of rotatable bonds is 4. The normalized spacial score (nSPS) is 12.6. The molecule has 1 unspecified atom stereocenters. The topological polar surface area (TPSA) is 12.0 Å². The van der Waals surface area contributed by atoms with Crippen LogP contribution in [0.15, 0.2) is 17.0 Å². The van der Waals surface area contributed by atoms with Crippen molar-refractivity contribution in [2.45, 2.75) is 33.7 Å². The minimum Gasteiger partial charge on any atom is -0.306 e. The standard InChI is InChI=1S/C12H18ClNS/c1-5-14-10(6-8(2)3)12-11(13)9(4)7-15-12/h6-7,10,14H,5H2,1-4H3. The van der Waals surface area contributed by atoms with Crippen molar-refractivity contribution in [3.8, 4) is 0 Å². The Labute approximate surface area is 101 Å². The Bertz CT molecular complexity index is 351. The first-order valence-corrected chi connectivity index (χ1v) is 6.44. The lowest BCUT2D eigenvalue weighted by molar-refractivity contribution is 0.654. The Morgan fingerprint density at radius 3 is 2.67 bits per heavy atom. The Morgan fingerprint density at radius 2 is 2.27 bits per heavy atom. The van der Waals surface area contributed by atoms with Gasteiger partial charge in [0.2, 0.25) is 0 Å². The van der Waals surface area contributed by atoms with E-state index in [4.69, 9.17) is 11.6 Å². The zero-order chi connectivity index (χ0) is 11.4. The summed E-state index contributed by atoms with van der Waals surface area (Å²) in [6.07, 6.45) is 2.22. The van der Waals surface area contributed by atoms with Crippen LogP contribution in [-0.2, 0) is 0 Å². The number of nitrogens with one attached hydrogen (secondary N) is 1. The summed E-state index contributed by atoms with van der Waals surface area (Å²) >= 11 is 7.99. The summed E-state index contributed by atoms with van der Waals surface area (Å²) in [4.78, 5) is 1.22. The van der Waals surface area contributed by atoms with E-state index in [9.17, 15) is 0 Å². The molecule has 1 nitrogen and oxygen atoms in total. The summed E-state index contributed by atoms with van der Waals surface area (Å²) in [5.74, 6) is 0. The van der Waals surface area contributed by atoms with Crippen molar-refractivity contribution in [1.29, 1.82) is 0 Å². The number of likely N-dealkylation sites (N-methyl/N-ethyl adjacent to an activating group) is 1. The highest BCUT2D eigenvalue weighted by atomic mass is 35.5. The summed E-state index contributed by atoms with van der Waals surface area (Å²) in [6, 6.07) is 0.256. The highest BCUT2D eigenvalue weighted by Gasteiger charge is 2.14. The number of hydrogen-bond donors (Lipinski definition) is 1. The second-order valence-corrected chi connectivity index (χ2v) is 5.17. The average molecular weight is 244 g/mol. The molecule has 0 bridgehead atoms. The molecule has 1 heterocycles. The molecule has 0 aliphatic carbocycles. The summed E-state index contributed by atoms with van der Waals surface area (Å²) in [7, 11) is 0. The van der Waals surface area contributed by atoms with Crippen molar-refractivity contribution in [3.05, 3.63) is 32.5 Å². The van der Waals surface area contributed by atoms with Crippen molar-refractivity contribution in [2.24, 2.45) is 0 Å². The molecule has 0 fully saturated rings. The second-order valence-electron chi connectivity index (χ2n) is 3.88. The Morgan fingerprint density at radius 1 is 1.60 bits per heavy atom. The molecule has 0 saturated carbocycles. The first-order valence-electron chi connectivity index (χ1n) is 5.18. The number of thiophene rings is 1. The molecule has 15 heavy (non-hydrogen) atoms. The monoisotopic (exact) mass is 243 g/mol. The van der Waals surface area contributed by atoms with Crippen LogP contribution >= 0.6 is 22.9 Å². The van der Waals surface area contributed by atoms with Crippen molar-refractivity contribution in [2.75, 3.05) is 6.54 Å². The zero-order valence-corrected chi connectivity index (χ0v) is 11.3. The van der Waals surface area contributed by atoms with Gasteiger partial charge in [-0.3, -0.25) is 0 Å². The maximum absolute atomic E-state index is 6.26. The molecule has 3 heteroatoms. The first-order chi connectivity index (χ1) is 7.06. The lowest BCUT2D eigenvalue weighted by Gasteiger charge is -2.13. The van der Waals surface area contributed by atoms with E-state index >= 15 is 0 Å². The molecule has 1 aromatic heterocycles. The van der Waals surface area contributed by atoms with Gasteiger partial charge in [-0.2, -0.15) is 0 Å². The lowest BCUT2D eigenvalue weighted by atomic mass is 10.1. The van der Waals surface area contributed by atoms with Crippen LogP contribution in [0.2, 0.25) is 5.02 Å². The summed E-state index contributed by atoms with van der Waals surface area (Å²) in [5.41, 5.74) is 2.48. The molecule has 1 rings (SSSR count). The van der Waals surface area contributed by atoms with Crippen LogP contribution in [0.5, 0.6) is 0 Å². The van der Waals surface area contributed by atoms with Gasteiger partial charge in [-0.05, 0) is 38.3 Å². The van der Waals surface area contributed by atoms with Gasteiger partial charge in [0.25, 0.3) is 0 Å². The minimum atomic E-state index is 0.256. The van der Waals surface area contributed by atoms with E-state index in [0.717, 1.165) is 11.6 Å². The molecule has 1 aromatic rings. The van der Waals surface area contributed by atoms with Crippen molar-refractivity contribution in [3.63, 3.8) is 0 Å². The molecule has 1 atom stereocenters. The zero-order valence-electron chi connectivity index (χ0n) is 9.73. The Balaban J connectivity index is 2.99. The fourth-order valence-corrected chi connectivity index (χ4v) is 2.79. The predicted octanol–water partition coefficient (Wildman–Crippen LogP) is 4.33. The van der Waals surface area contributed by atoms with Gasteiger partial charge in [-0.25, -0.2) is 0 Å². The van der Waals surface area contributed by atoms with Crippen LogP contribution in [0.3, 0.4) is 0 Å². The van der Waals surface area contributed by atoms with E-state index in [1.54, 1.807) is 11.3 Å². The fourth-order valence-electron chi connectivity index (χ4n) is 1.44. The molecule has 0 saturated heterocycles. The van der Waals surface area contributed by atoms with Crippen molar-refractivity contribution in [1.82, 2.24) is 5.32 Å². The van der Waals surface area contributed by atoms with Gasteiger partial charge in [0.1, 0.15) is 0 Å². The fraction of sp³-hybridized carbons (Fsp3) is 0.500. The third kappa shape index (κ3) is 3.33. The van der Waals surface area contributed by atoms with Crippen LogP contribution < -0.4 is 5.32 Å². The number of allylic oxidation sites excluding steroid dienone is 1. The Kier molecular flexibility index (Phi) is 4.84. The highest BCUT2D eigenvalue weighted by Crippen LogP contribution is 2.33. The van der Waals surface area contributed by atoms with E-state index in [2.05, 4.69) is 37.5 Å². The summed E-state index contributed by atoms with van der Waals surface area (Å²) in [5, 5.41) is 6.45. The van der Waals surface area contributed by atoms with E-state index < -0.39 is 0 Å². The minimum absolute atomic E-state index is 0.256. The van der Waals surface area contributed by atoms with Gasteiger partial charge in [0, 0.05) is 4.88 Å². The predicted molar refractivity (Wildman–Crippen MR) is 69.9 cm³/mol. The molecule has 0 radical (unpaired) electrons. The van der Waals surface area contributed by atoms with E-state index in [-0.39, 0.29) is 6.04 Å². The third-order valence-electron chi connectivity index (χ3n) is 2.13. The van der Waals surface area contributed by atoms with Crippen molar-refractivity contribution >= 4 is 22.9 Å².